The van der Waals surface area contributed by atoms with Crippen LogP contribution in [0, 0.1) is 5.82 Å². The third-order valence-electron chi connectivity index (χ3n) is 6.48. The number of hydrogen-bond acceptors (Lipinski definition) is 6. The van der Waals surface area contributed by atoms with E-state index in [0.717, 1.165) is 15.6 Å². The van der Waals surface area contributed by atoms with Crippen LogP contribution in [0.3, 0.4) is 0 Å². The van der Waals surface area contributed by atoms with Crippen molar-refractivity contribution in [3.63, 3.8) is 0 Å². The molecule has 38 heavy (non-hydrogen) atoms. The molecule has 0 bridgehead atoms. The second-order valence-corrected chi connectivity index (χ2v) is 10.6. The quantitative estimate of drug-likeness (QED) is 0.393. The van der Waals surface area contributed by atoms with Gasteiger partial charge in [-0.1, -0.05) is 6.92 Å². The van der Waals surface area contributed by atoms with Crippen LogP contribution >= 0.6 is 11.3 Å². The van der Waals surface area contributed by atoms with E-state index in [2.05, 4.69) is 10.6 Å². The molecule has 1 saturated heterocycles. The molecule has 0 aliphatic carbocycles. The molecule has 10 heteroatoms. The number of piperidine rings is 1. The van der Waals surface area contributed by atoms with Crippen molar-refractivity contribution in [2.24, 2.45) is 0 Å². The van der Waals surface area contributed by atoms with Crippen molar-refractivity contribution in [3.8, 4) is 5.75 Å². The molecular formula is C28H32FN3O5S. The SMILES string of the molecule is CCc1cc2sc(C(=O)NC3CCN(C(=O)CO)CC3)c(OC(C)C)c2cc1NC(=O)c1ccc(F)cc1. The number of nitrogens with zero attached hydrogens (tertiary/aromatic N) is 1. The van der Waals surface area contributed by atoms with Crippen LogP contribution in [-0.2, 0) is 11.2 Å². The number of halogens is 1. The minimum atomic E-state index is -0.513. The molecule has 3 N–H and O–H groups in total. The van der Waals surface area contributed by atoms with Crippen LogP contribution in [0.15, 0.2) is 36.4 Å². The Morgan fingerprint density at radius 1 is 1.13 bits per heavy atom. The number of anilines is 1. The number of aryl methyl sites for hydroxylation is 1. The van der Waals surface area contributed by atoms with Gasteiger partial charge in [-0.05, 0) is 75.1 Å². The molecule has 0 saturated carbocycles. The number of amides is 3. The first kappa shape index (κ1) is 27.5. The van der Waals surface area contributed by atoms with E-state index in [1.807, 2.05) is 32.9 Å². The lowest BCUT2D eigenvalue weighted by Crippen LogP contribution is -2.47. The molecular weight excluding hydrogens is 509 g/mol. The fourth-order valence-corrected chi connectivity index (χ4v) is 5.58. The van der Waals surface area contributed by atoms with Crippen LogP contribution in [0.2, 0.25) is 0 Å². The van der Waals surface area contributed by atoms with Crippen molar-refractivity contribution in [1.29, 1.82) is 0 Å². The maximum Gasteiger partial charge on any atom is 0.265 e. The van der Waals surface area contributed by atoms with E-state index in [0.29, 0.717) is 54.2 Å². The van der Waals surface area contributed by atoms with E-state index in [9.17, 15) is 18.8 Å². The number of aliphatic hydroxyl groups excluding tert-OH is 1. The summed E-state index contributed by atoms with van der Waals surface area (Å²) in [4.78, 5) is 40.0. The van der Waals surface area contributed by atoms with Gasteiger partial charge < -0.3 is 25.4 Å². The van der Waals surface area contributed by atoms with Gasteiger partial charge in [-0.3, -0.25) is 14.4 Å². The Kier molecular flexibility index (Phi) is 8.63. The Labute approximate surface area is 224 Å². The Balaban J connectivity index is 1.61. The Hall–Kier alpha value is -3.50. The highest BCUT2D eigenvalue weighted by Crippen LogP contribution is 2.41. The number of nitrogens with one attached hydrogen (secondary N) is 2. The number of hydrogen-bond donors (Lipinski definition) is 3. The predicted molar refractivity (Wildman–Crippen MR) is 145 cm³/mol. The first-order valence-corrected chi connectivity index (χ1v) is 13.5. The number of benzene rings is 2. The number of aliphatic hydroxyl groups is 1. The van der Waals surface area contributed by atoms with Crippen molar-refractivity contribution in [2.75, 3.05) is 25.0 Å². The van der Waals surface area contributed by atoms with Gasteiger partial charge in [-0.2, -0.15) is 0 Å². The molecule has 1 aliphatic heterocycles. The average Bonchev–Trinajstić information content (AvgIpc) is 3.25. The number of thiophene rings is 1. The van der Waals surface area contributed by atoms with Crippen molar-refractivity contribution in [3.05, 3.63) is 58.2 Å². The second-order valence-electron chi connectivity index (χ2n) is 9.53. The minimum absolute atomic E-state index is 0.0980. The summed E-state index contributed by atoms with van der Waals surface area (Å²) in [5.41, 5.74) is 1.84. The molecule has 0 atom stereocenters. The summed E-state index contributed by atoms with van der Waals surface area (Å²) >= 11 is 1.34. The third kappa shape index (κ3) is 6.14. The number of ether oxygens (including phenoxy) is 1. The zero-order chi connectivity index (χ0) is 27.4. The number of rotatable bonds is 8. The first-order chi connectivity index (χ1) is 18.2. The van der Waals surface area contributed by atoms with Gasteiger partial charge in [0.25, 0.3) is 11.8 Å². The van der Waals surface area contributed by atoms with Crippen molar-refractivity contribution in [1.82, 2.24) is 10.2 Å². The highest BCUT2D eigenvalue weighted by atomic mass is 32.1. The maximum atomic E-state index is 13.4. The van der Waals surface area contributed by atoms with Crippen LogP contribution in [0.1, 0.15) is 59.2 Å². The molecule has 4 rings (SSSR count). The van der Waals surface area contributed by atoms with E-state index >= 15 is 0 Å². The standard InChI is InChI=1S/C28H32FN3O5S/c1-4-17-13-23-21(14-22(17)31-27(35)18-5-7-19(29)8-6-18)25(37-16(2)3)26(38-23)28(36)30-20-9-11-32(12-10-20)24(34)15-33/h5-8,13-14,16,20,33H,4,9-12,15H2,1-3H3,(H,30,36)(H,31,35). The minimum Gasteiger partial charge on any atom is -0.489 e. The van der Waals surface area contributed by atoms with Crippen molar-refractivity contribution < 1.29 is 28.6 Å². The monoisotopic (exact) mass is 541 g/mol. The second kappa shape index (κ2) is 11.9. The number of fused-ring (bicyclic) bond motifs is 1. The summed E-state index contributed by atoms with van der Waals surface area (Å²) in [6.07, 6.45) is 1.67. The molecule has 0 unspecified atom stereocenters. The molecule has 1 aliphatic rings. The molecule has 0 spiro atoms. The van der Waals surface area contributed by atoms with Crippen LogP contribution < -0.4 is 15.4 Å². The lowest BCUT2D eigenvalue weighted by molar-refractivity contribution is -0.135. The van der Waals surface area contributed by atoms with Crippen LogP contribution in [0.25, 0.3) is 10.1 Å². The Morgan fingerprint density at radius 2 is 1.82 bits per heavy atom. The zero-order valence-electron chi connectivity index (χ0n) is 21.7. The number of carbonyl (C=O) groups excluding carboxylic acids is 3. The normalized spacial score (nSPS) is 14.1. The molecule has 8 nitrogen and oxygen atoms in total. The van der Waals surface area contributed by atoms with E-state index < -0.39 is 12.4 Å². The fraction of sp³-hybridized carbons (Fsp3) is 0.393. The lowest BCUT2D eigenvalue weighted by atomic mass is 10.0. The summed E-state index contributed by atoms with van der Waals surface area (Å²) in [6, 6.07) is 9.04. The van der Waals surface area contributed by atoms with Crippen LogP contribution in [-0.4, -0.2) is 59.6 Å². The molecule has 2 heterocycles. The van der Waals surface area contributed by atoms with Gasteiger partial charge in [0.15, 0.2) is 5.75 Å². The van der Waals surface area contributed by atoms with E-state index in [-0.39, 0.29) is 29.9 Å². The van der Waals surface area contributed by atoms with Gasteiger partial charge in [0.05, 0.1) is 6.10 Å². The zero-order valence-corrected chi connectivity index (χ0v) is 22.5. The average molecular weight is 542 g/mol. The molecule has 1 aromatic heterocycles. The van der Waals surface area contributed by atoms with Gasteiger partial charge in [-0.25, -0.2) is 4.39 Å². The van der Waals surface area contributed by atoms with Crippen LogP contribution in [0.5, 0.6) is 5.75 Å². The van der Waals surface area contributed by atoms with Gasteiger partial charge in [0, 0.05) is 40.5 Å². The van der Waals surface area contributed by atoms with E-state index in [4.69, 9.17) is 9.84 Å². The molecule has 3 amide bonds. The highest BCUT2D eigenvalue weighted by Gasteiger charge is 2.27. The largest absolute Gasteiger partial charge is 0.489 e. The molecule has 3 aromatic rings. The number of carbonyl (C=O) groups is 3. The molecule has 202 valence electrons. The van der Waals surface area contributed by atoms with Gasteiger partial charge in [0.1, 0.15) is 17.3 Å². The third-order valence-corrected chi connectivity index (χ3v) is 7.61. The summed E-state index contributed by atoms with van der Waals surface area (Å²) < 4.78 is 20.3. The lowest BCUT2D eigenvalue weighted by Gasteiger charge is -2.32. The van der Waals surface area contributed by atoms with Gasteiger partial charge in [0.2, 0.25) is 5.91 Å². The highest BCUT2D eigenvalue weighted by molar-refractivity contribution is 7.21. The first-order valence-electron chi connectivity index (χ1n) is 12.7. The summed E-state index contributed by atoms with van der Waals surface area (Å²) in [6.45, 7) is 6.19. The van der Waals surface area contributed by atoms with E-state index in [1.165, 1.54) is 35.6 Å². The van der Waals surface area contributed by atoms with E-state index in [1.54, 1.807) is 4.90 Å². The molecule has 0 radical (unpaired) electrons. The number of likely N-dealkylation sites (tertiary alicyclic amines) is 1. The van der Waals surface area contributed by atoms with Crippen molar-refractivity contribution in [2.45, 2.75) is 52.2 Å². The topological polar surface area (TPSA) is 108 Å². The Bertz CT molecular complexity index is 1330. The van der Waals surface area contributed by atoms with Crippen molar-refractivity contribution >= 4 is 44.8 Å². The summed E-state index contributed by atoms with van der Waals surface area (Å²) in [5, 5.41) is 15.8. The van der Waals surface area contributed by atoms with Gasteiger partial charge >= 0.3 is 0 Å². The summed E-state index contributed by atoms with van der Waals surface area (Å²) in [5.74, 6) is -0.861. The molecule has 2 aromatic carbocycles. The predicted octanol–water partition coefficient (Wildman–Crippen LogP) is 4.36. The van der Waals surface area contributed by atoms with Crippen LogP contribution in [0.4, 0.5) is 10.1 Å². The smallest absolute Gasteiger partial charge is 0.265 e. The molecule has 1 fully saturated rings. The maximum absolute atomic E-state index is 13.4. The fourth-order valence-electron chi connectivity index (χ4n) is 4.49. The van der Waals surface area contributed by atoms with Gasteiger partial charge in [-0.15, -0.1) is 11.3 Å². The Morgan fingerprint density at radius 3 is 2.42 bits per heavy atom. The summed E-state index contributed by atoms with van der Waals surface area (Å²) in [7, 11) is 0.